The molecule has 2 aromatic heterocycles. The van der Waals surface area contributed by atoms with E-state index in [1.165, 1.54) is 0 Å². The molecule has 0 saturated heterocycles. The summed E-state index contributed by atoms with van der Waals surface area (Å²) in [4.78, 5) is 20.4. The number of primary amides is 1. The van der Waals surface area contributed by atoms with Crippen molar-refractivity contribution in [2.24, 2.45) is 12.8 Å². The summed E-state index contributed by atoms with van der Waals surface area (Å²) in [6, 6.07) is 7.20. The Bertz CT molecular complexity index is 978. The molecule has 4 N–H and O–H groups in total. The van der Waals surface area contributed by atoms with Crippen LogP contribution in [0.1, 0.15) is 21.6 Å². The van der Waals surface area contributed by atoms with E-state index >= 15 is 0 Å². The largest absolute Gasteiger partial charge is 0.424 e. The van der Waals surface area contributed by atoms with Gasteiger partial charge in [-0.3, -0.25) is 9.48 Å². The fraction of sp³-hybridized carbons (Fsp3) is 0.176. The molecule has 25 heavy (non-hydrogen) atoms. The van der Waals surface area contributed by atoms with E-state index in [-0.39, 0.29) is 6.01 Å². The summed E-state index contributed by atoms with van der Waals surface area (Å²) in [5, 5.41) is 4.24. The summed E-state index contributed by atoms with van der Waals surface area (Å²) in [5.41, 5.74) is 15.3. The first-order valence-electron chi connectivity index (χ1n) is 7.78. The number of nitrogen functional groups attached to an aromatic ring is 1. The van der Waals surface area contributed by atoms with Crippen LogP contribution >= 0.6 is 0 Å². The molecule has 3 aromatic rings. The predicted molar refractivity (Wildman–Crippen MR) is 91.1 cm³/mol. The van der Waals surface area contributed by atoms with Gasteiger partial charge in [-0.2, -0.15) is 10.1 Å². The highest BCUT2D eigenvalue weighted by Gasteiger charge is 2.28. The van der Waals surface area contributed by atoms with Gasteiger partial charge in [-0.15, -0.1) is 0 Å². The molecule has 1 aliphatic carbocycles. The SMILES string of the molecule is Cn1nc(C(N)=O)c2c1-c1nc(Oc3ccc(N)cc3)ncc1CC2. The van der Waals surface area contributed by atoms with Crippen LogP contribution < -0.4 is 16.2 Å². The lowest BCUT2D eigenvalue weighted by atomic mass is 9.93. The van der Waals surface area contributed by atoms with Gasteiger partial charge in [0.2, 0.25) is 0 Å². The summed E-state index contributed by atoms with van der Waals surface area (Å²) in [7, 11) is 1.77. The van der Waals surface area contributed by atoms with Gasteiger partial charge >= 0.3 is 6.01 Å². The quantitative estimate of drug-likeness (QED) is 0.698. The number of aromatic nitrogens is 4. The summed E-state index contributed by atoms with van der Waals surface area (Å²) in [5.74, 6) is 0.0562. The molecule has 0 aliphatic heterocycles. The van der Waals surface area contributed by atoms with Gasteiger partial charge in [-0.25, -0.2) is 4.98 Å². The summed E-state index contributed by atoms with van der Waals surface area (Å²) in [6.07, 6.45) is 3.14. The molecule has 8 heteroatoms. The molecule has 0 radical (unpaired) electrons. The third-order valence-corrected chi connectivity index (χ3v) is 4.18. The summed E-state index contributed by atoms with van der Waals surface area (Å²) >= 11 is 0. The van der Waals surface area contributed by atoms with Crippen molar-refractivity contribution in [3.8, 4) is 23.1 Å². The van der Waals surface area contributed by atoms with E-state index < -0.39 is 5.91 Å². The van der Waals surface area contributed by atoms with Crippen LogP contribution in [0.5, 0.6) is 11.8 Å². The molecule has 1 aromatic carbocycles. The minimum Gasteiger partial charge on any atom is -0.424 e. The number of aryl methyl sites for hydroxylation is 2. The van der Waals surface area contributed by atoms with Crippen LogP contribution in [0.2, 0.25) is 0 Å². The van der Waals surface area contributed by atoms with Crippen molar-refractivity contribution in [3.05, 3.63) is 47.3 Å². The molecule has 0 atom stereocenters. The molecular weight excluding hydrogens is 320 g/mol. The summed E-state index contributed by atoms with van der Waals surface area (Å²) < 4.78 is 7.34. The standard InChI is InChI=1S/C17H16N6O2/c1-23-15-12(14(22-23)16(19)24)7-2-9-8-20-17(21-13(9)15)25-11-5-3-10(18)4-6-11/h3-6,8H,2,7,18H2,1H3,(H2,19,24). The average Bonchev–Trinajstić information content (AvgIpc) is 2.94. The number of carbonyl (C=O) groups excluding carboxylic acids is 1. The molecule has 126 valence electrons. The molecule has 2 heterocycles. The number of fused-ring (bicyclic) bond motifs is 3. The van der Waals surface area contributed by atoms with E-state index in [4.69, 9.17) is 16.2 Å². The van der Waals surface area contributed by atoms with E-state index in [0.29, 0.717) is 29.2 Å². The van der Waals surface area contributed by atoms with Gasteiger partial charge in [0, 0.05) is 24.5 Å². The number of nitrogens with two attached hydrogens (primary N) is 2. The van der Waals surface area contributed by atoms with E-state index in [1.807, 2.05) is 0 Å². The highest BCUT2D eigenvalue weighted by atomic mass is 16.5. The minimum atomic E-state index is -0.535. The van der Waals surface area contributed by atoms with Gasteiger partial charge in [-0.05, 0) is 42.7 Å². The molecule has 4 rings (SSSR count). The lowest BCUT2D eigenvalue weighted by Crippen LogP contribution is -2.15. The maximum absolute atomic E-state index is 11.6. The first-order chi connectivity index (χ1) is 12.0. The second-order valence-electron chi connectivity index (χ2n) is 5.86. The number of ether oxygens (including phenoxy) is 1. The topological polar surface area (TPSA) is 122 Å². The third-order valence-electron chi connectivity index (χ3n) is 4.18. The highest BCUT2D eigenvalue weighted by Crippen LogP contribution is 2.34. The third kappa shape index (κ3) is 2.57. The molecule has 0 fully saturated rings. The lowest BCUT2D eigenvalue weighted by molar-refractivity contribution is 0.0994. The van der Waals surface area contributed by atoms with E-state index in [0.717, 1.165) is 23.2 Å². The second kappa shape index (κ2) is 5.59. The number of hydrogen-bond donors (Lipinski definition) is 2. The molecule has 1 aliphatic rings. The van der Waals surface area contributed by atoms with Crippen LogP contribution in [0.15, 0.2) is 30.5 Å². The monoisotopic (exact) mass is 336 g/mol. The van der Waals surface area contributed by atoms with Gasteiger partial charge < -0.3 is 16.2 Å². The molecular formula is C17H16N6O2. The van der Waals surface area contributed by atoms with Crippen molar-refractivity contribution in [2.75, 3.05) is 5.73 Å². The Morgan fingerprint density at radius 2 is 2.00 bits per heavy atom. The van der Waals surface area contributed by atoms with Gasteiger partial charge in [0.1, 0.15) is 5.75 Å². The zero-order valence-electron chi connectivity index (χ0n) is 13.6. The van der Waals surface area contributed by atoms with Gasteiger partial charge in [-0.1, -0.05) is 0 Å². The normalized spacial score (nSPS) is 12.4. The Hall–Kier alpha value is -3.42. The number of amides is 1. The molecule has 8 nitrogen and oxygen atoms in total. The van der Waals surface area contributed by atoms with Crippen LogP contribution in [0, 0.1) is 0 Å². The van der Waals surface area contributed by atoms with Crippen molar-refractivity contribution >= 4 is 11.6 Å². The Morgan fingerprint density at radius 1 is 1.24 bits per heavy atom. The van der Waals surface area contributed by atoms with Crippen molar-refractivity contribution in [1.29, 1.82) is 0 Å². The Kier molecular flexibility index (Phi) is 3.38. The van der Waals surface area contributed by atoms with Crippen molar-refractivity contribution in [2.45, 2.75) is 12.8 Å². The molecule has 0 spiro atoms. The number of carbonyl (C=O) groups is 1. The van der Waals surface area contributed by atoms with Gasteiger partial charge in [0.15, 0.2) is 5.69 Å². The van der Waals surface area contributed by atoms with Gasteiger partial charge in [0.25, 0.3) is 5.91 Å². The van der Waals surface area contributed by atoms with Crippen LogP contribution in [0.4, 0.5) is 5.69 Å². The predicted octanol–water partition coefficient (Wildman–Crippen LogP) is 1.45. The van der Waals surface area contributed by atoms with Crippen LogP contribution in [-0.4, -0.2) is 25.7 Å². The molecule has 0 unspecified atom stereocenters. The first kappa shape index (κ1) is 15.1. The fourth-order valence-corrected chi connectivity index (χ4v) is 3.03. The number of rotatable bonds is 3. The Balaban J connectivity index is 1.76. The van der Waals surface area contributed by atoms with E-state index in [1.54, 1.807) is 42.2 Å². The fourth-order valence-electron chi connectivity index (χ4n) is 3.03. The number of hydrogen-bond acceptors (Lipinski definition) is 6. The van der Waals surface area contributed by atoms with Crippen LogP contribution in [-0.2, 0) is 19.9 Å². The van der Waals surface area contributed by atoms with Crippen molar-refractivity contribution in [1.82, 2.24) is 19.7 Å². The average molecular weight is 336 g/mol. The van der Waals surface area contributed by atoms with E-state index in [2.05, 4.69) is 15.1 Å². The Morgan fingerprint density at radius 3 is 2.72 bits per heavy atom. The van der Waals surface area contributed by atoms with Gasteiger partial charge in [0.05, 0.1) is 11.4 Å². The molecule has 0 bridgehead atoms. The maximum Gasteiger partial charge on any atom is 0.322 e. The zero-order valence-corrected chi connectivity index (χ0v) is 13.6. The smallest absolute Gasteiger partial charge is 0.322 e. The number of anilines is 1. The highest BCUT2D eigenvalue weighted by molar-refractivity contribution is 5.94. The number of nitrogens with zero attached hydrogens (tertiary/aromatic N) is 4. The van der Waals surface area contributed by atoms with Crippen molar-refractivity contribution < 1.29 is 9.53 Å². The second-order valence-corrected chi connectivity index (χ2v) is 5.86. The lowest BCUT2D eigenvalue weighted by Gasteiger charge is -2.17. The Labute approximate surface area is 143 Å². The maximum atomic E-state index is 11.6. The van der Waals surface area contributed by atoms with Crippen LogP contribution in [0.3, 0.4) is 0 Å². The minimum absolute atomic E-state index is 0.221. The molecule has 1 amide bonds. The number of benzene rings is 1. The zero-order chi connectivity index (χ0) is 17.6. The van der Waals surface area contributed by atoms with E-state index in [9.17, 15) is 4.79 Å². The summed E-state index contributed by atoms with van der Waals surface area (Å²) in [6.45, 7) is 0. The first-order valence-corrected chi connectivity index (χ1v) is 7.78. The molecule has 0 saturated carbocycles. The van der Waals surface area contributed by atoms with Crippen LogP contribution in [0.25, 0.3) is 11.4 Å². The van der Waals surface area contributed by atoms with Crippen molar-refractivity contribution in [3.63, 3.8) is 0 Å².